The zero-order valence-electron chi connectivity index (χ0n) is 19.9. The molecule has 0 aromatic heterocycles. The number of amides is 3. The number of methoxy groups -OCH3 is 1. The van der Waals surface area contributed by atoms with E-state index in [-0.39, 0.29) is 35.8 Å². The lowest BCUT2D eigenvalue weighted by atomic mass is 10.1. The number of fused-ring (bicyclic) bond motifs is 1. The molecular weight excluding hydrogens is 461 g/mol. The highest BCUT2D eigenvalue weighted by atomic mass is 19.1. The van der Waals surface area contributed by atoms with Crippen molar-refractivity contribution in [2.75, 3.05) is 33.3 Å². The maximum Gasteiger partial charge on any atom is 0.261 e. The van der Waals surface area contributed by atoms with E-state index in [0.29, 0.717) is 49.4 Å². The van der Waals surface area contributed by atoms with Crippen molar-refractivity contribution in [3.05, 3.63) is 100 Å². The Hall–Kier alpha value is -4.04. The van der Waals surface area contributed by atoms with Crippen LogP contribution in [0.15, 0.2) is 66.7 Å². The SMILES string of the molecule is COc1ccc(CN2CCN(C(=O)c3ccc(CN4C(=O)c5ccccc5C4=O)cc3)CC2)cc1F. The average Bonchev–Trinajstić information content (AvgIpc) is 3.14. The summed E-state index contributed by atoms with van der Waals surface area (Å²) in [5.74, 6) is -0.811. The van der Waals surface area contributed by atoms with E-state index in [1.54, 1.807) is 54.6 Å². The van der Waals surface area contributed by atoms with Crippen LogP contribution in [0.25, 0.3) is 0 Å². The zero-order chi connectivity index (χ0) is 25.2. The summed E-state index contributed by atoms with van der Waals surface area (Å²) in [6, 6.07) is 18.8. The summed E-state index contributed by atoms with van der Waals surface area (Å²) in [7, 11) is 1.44. The average molecular weight is 488 g/mol. The standard InChI is InChI=1S/C28H26FN3O4/c1-36-25-11-8-20(16-24(25)29)17-30-12-14-31(15-13-30)26(33)21-9-6-19(7-10-21)18-32-27(34)22-4-2-3-5-23(22)28(32)35/h2-11,16H,12-15,17-18H2,1H3. The molecule has 5 rings (SSSR count). The second kappa shape index (κ2) is 9.91. The van der Waals surface area contributed by atoms with Gasteiger partial charge in [0.25, 0.3) is 17.7 Å². The fourth-order valence-corrected chi connectivity index (χ4v) is 4.68. The Bertz CT molecular complexity index is 1280. The molecule has 0 unspecified atom stereocenters. The number of halogens is 1. The van der Waals surface area contributed by atoms with Crippen molar-refractivity contribution in [2.45, 2.75) is 13.1 Å². The second-order valence-corrected chi connectivity index (χ2v) is 8.98. The highest BCUT2D eigenvalue weighted by Gasteiger charge is 2.35. The summed E-state index contributed by atoms with van der Waals surface area (Å²) in [6.07, 6.45) is 0. The molecule has 2 aliphatic heterocycles. The Morgan fingerprint density at radius 1 is 0.833 bits per heavy atom. The largest absolute Gasteiger partial charge is 0.494 e. The van der Waals surface area contributed by atoms with Gasteiger partial charge >= 0.3 is 0 Å². The van der Waals surface area contributed by atoms with Gasteiger partial charge in [-0.05, 0) is 47.5 Å². The van der Waals surface area contributed by atoms with Crippen LogP contribution in [0, 0.1) is 5.82 Å². The quantitative estimate of drug-likeness (QED) is 0.497. The molecule has 0 N–H and O–H groups in total. The number of hydrogen-bond donors (Lipinski definition) is 0. The number of imide groups is 1. The summed E-state index contributed by atoms with van der Waals surface area (Å²) >= 11 is 0. The van der Waals surface area contributed by atoms with Crippen LogP contribution in [-0.2, 0) is 13.1 Å². The Labute approximate surface area is 208 Å². The lowest BCUT2D eigenvalue weighted by Crippen LogP contribution is -2.48. The molecule has 0 bridgehead atoms. The third-order valence-electron chi connectivity index (χ3n) is 6.70. The Kier molecular flexibility index (Phi) is 6.52. The number of nitrogens with zero attached hydrogens (tertiary/aromatic N) is 3. The van der Waals surface area contributed by atoms with Crippen molar-refractivity contribution in [3.63, 3.8) is 0 Å². The van der Waals surface area contributed by atoms with Crippen molar-refractivity contribution >= 4 is 17.7 Å². The number of carbonyl (C=O) groups excluding carboxylic acids is 3. The fourth-order valence-electron chi connectivity index (χ4n) is 4.68. The van der Waals surface area contributed by atoms with Crippen LogP contribution >= 0.6 is 0 Å². The van der Waals surface area contributed by atoms with Crippen LogP contribution in [-0.4, -0.2) is 65.7 Å². The molecule has 3 aromatic rings. The van der Waals surface area contributed by atoms with Gasteiger partial charge in [0.2, 0.25) is 0 Å². The van der Waals surface area contributed by atoms with Gasteiger partial charge in [-0.15, -0.1) is 0 Å². The van der Waals surface area contributed by atoms with Crippen LogP contribution in [0.2, 0.25) is 0 Å². The van der Waals surface area contributed by atoms with Crippen molar-refractivity contribution < 1.29 is 23.5 Å². The van der Waals surface area contributed by atoms with Crippen LogP contribution in [0.1, 0.15) is 42.2 Å². The minimum absolute atomic E-state index is 0.0579. The van der Waals surface area contributed by atoms with E-state index in [0.717, 1.165) is 11.1 Å². The van der Waals surface area contributed by atoms with Crippen molar-refractivity contribution in [1.29, 1.82) is 0 Å². The third-order valence-corrected chi connectivity index (χ3v) is 6.70. The van der Waals surface area contributed by atoms with Gasteiger partial charge in [-0.2, -0.15) is 0 Å². The molecule has 0 atom stereocenters. The van der Waals surface area contributed by atoms with Crippen molar-refractivity contribution in [3.8, 4) is 5.75 Å². The lowest BCUT2D eigenvalue weighted by molar-refractivity contribution is 0.0621. The molecule has 2 aliphatic rings. The molecule has 0 saturated carbocycles. The first-order valence-corrected chi connectivity index (χ1v) is 11.8. The molecule has 36 heavy (non-hydrogen) atoms. The summed E-state index contributed by atoms with van der Waals surface area (Å²) in [4.78, 5) is 43.4. The Balaban J connectivity index is 1.16. The summed E-state index contributed by atoms with van der Waals surface area (Å²) in [5, 5.41) is 0. The molecule has 1 fully saturated rings. The summed E-state index contributed by atoms with van der Waals surface area (Å²) in [6.45, 7) is 3.30. The first kappa shape index (κ1) is 23.7. The molecule has 7 nitrogen and oxygen atoms in total. The van der Waals surface area contributed by atoms with Gasteiger partial charge in [0, 0.05) is 38.3 Å². The molecule has 8 heteroatoms. The molecule has 0 spiro atoms. The second-order valence-electron chi connectivity index (χ2n) is 8.98. The summed E-state index contributed by atoms with van der Waals surface area (Å²) in [5.41, 5.74) is 3.04. The first-order valence-electron chi connectivity index (χ1n) is 11.8. The zero-order valence-corrected chi connectivity index (χ0v) is 19.9. The topological polar surface area (TPSA) is 70.2 Å². The molecule has 0 aliphatic carbocycles. The Morgan fingerprint density at radius 2 is 1.44 bits per heavy atom. The fraction of sp³-hybridized carbons (Fsp3) is 0.250. The number of rotatable bonds is 6. The van der Waals surface area contributed by atoms with E-state index < -0.39 is 0 Å². The lowest BCUT2D eigenvalue weighted by Gasteiger charge is -2.34. The van der Waals surface area contributed by atoms with Gasteiger partial charge in [0.15, 0.2) is 11.6 Å². The van der Waals surface area contributed by atoms with Gasteiger partial charge in [0.05, 0.1) is 24.8 Å². The number of ether oxygens (including phenoxy) is 1. The van der Waals surface area contributed by atoms with E-state index in [4.69, 9.17) is 4.74 Å². The van der Waals surface area contributed by atoms with Crippen LogP contribution in [0.4, 0.5) is 4.39 Å². The molecule has 3 amide bonds. The van der Waals surface area contributed by atoms with E-state index >= 15 is 0 Å². The van der Waals surface area contributed by atoms with Gasteiger partial charge in [0.1, 0.15) is 0 Å². The molecule has 3 aromatic carbocycles. The van der Waals surface area contributed by atoms with E-state index in [9.17, 15) is 18.8 Å². The van der Waals surface area contributed by atoms with Gasteiger partial charge in [-0.1, -0.05) is 30.3 Å². The molecule has 2 heterocycles. The van der Waals surface area contributed by atoms with Crippen molar-refractivity contribution in [2.24, 2.45) is 0 Å². The molecular formula is C28H26FN3O4. The third kappa shape index (κ3) is 4.59. The maximum absolute atomic E-state index is 14.0. The monoisotopic (exact) mass is 487 g/mol. The van der Waals surface area contributed by atoms with E-state index in [2.05, 4.69) is 4.90 Å². The van der Waals surface area contributed by atoms with Gasteiger partial charge < -0.3 is 9.64 Å². The van der Waals surface area contributed by atoms with Gasteiger partial charge in [-0.25, -0.2) is 4.39 Å². The number of piperazine rings is 1. The maximum atomic E-state index is 14.0. The van der Waals surface area contributed by atoms with Crippen LogP contribution < -0.4 is 4.74 Å². The minimum atomic E-state index is -0.379. The Morgan fingerprint density at radius 3 is 2.03 bits per heavy atom. The van der Waals surface area contributed by atoms with Crippen LogP contribution in [0.3, 0.4) is 0 Å². The van der Waals surface area contributed by atoms with Crippen molar-refractivity contribution in [1.82, 2.24) is 14.7 Å². The predicted molar refractivity (Wildman–Crippen MR) is 131 cm³/mol. The van der Waals surface area contributed by atoms with Gasteiger partial charge in [-0.3, -0.25) is 24.2 Å². The molecule has 0 radical (unpaired) electrons. The highest BCUT2D eigenvalue weighted by Crippen LogP contribution is 2.24. The predicted octanol–water partition coefficient (Wildman–Crippen LogP) is 3.59. The summed E-state index contributed by atoms with van der Waals surface area (Å²) < 4.78 is 18.9. The highest BCUT2D eigenvalue weighted by molar-refractivity contribution is 6.21. The number of carbonyl (C=O) groups is 3. The molecule has 1 saturated heterocycles. The smallest absolute Gasteiger partial charge is 0.261 e. The minimum Gasteiger partial charge on any atom is -0.494 e. The number of benzene rings is 3. The van der Waals surface area contributed by atoms with E-state index in [1.165, 1.54) is 18.1 Å². The van der Waals surface area contributed by atoms with Crippen LogP contribution in [0.5, 0.6) is 5.75 Å². The van der Waals surface area contributed by atoms with E-state index in [1.807, 2.05) is 11.0 Å². The molecule has 184 valence electrons. The first-order chi connectivity index (χ1) is 17.4. The normalized spacial score (nSPS) is 15.8. The number of hydrogen-bond acceptors (Lipinski definition) is 5.